The van der Waals surface area contributed by atoms with Gasteiger partial charge in [0.2, 0.25) is 5.89 Å². The zero-order chi connectivity index (χ0) is 14.8. The molecule has 6 nitrogen and oxygen atoms in total. The summed E-state index contributed by atoms with van der Waals surface area (Å²) >= 11 is 0. The predicted octanol–water partition coefficient (Wildman–Crippen LogP) is 2.04. The second-order valence-corrected chi connectivity index (χ2v) is 4.66. The van der Waals surface area contributed by atoms with Crippen molar-refractivity contribution in [2.75, 3.05) is 5.73 Å². The number of nitrogen functional groups attached to an aromatic ring is 1. The second-order valence-electron chi connectivity index (χ2n) is 4.66. The number of nitrogens with zero attached hydrogens (tertiary/aromatic N) is 2. The summed E-state index contributed by atoms with van der Waals surface area (Å²) in [6.07, 6.45) is 1.60. The average molecular weight is 282 g/mol. The van der Waals surface area contributed by atoms with Crippen molar-refractivity contribution in [1.29, 1.82) is 0 Å². The molecule has 0 aliphatic carbocycles. The van der Waals surface area contributed by atoms with Crippen molar-refractivity contribution >= 4 is 22.5 Å². The minimum absolute atomic E-state index is 0.209. The van der Waals surface area contributed by atoms with Gasteiger partial charge in [-0.1, -0.05) is 24.3 Å². The summed E-state index contributed by atoms with van der Waals surface area (Å²) in [5.74, 6) is 1.18. The molecule has 2 heterocycles. The number of hydrogen-bond acceptors (Lipinski definition) is 5. The number of carbonyl (C=O) groups is 1. The highest BCUT2D eigenvalue weighted by molar-refractivity contribution is 5.99. The van der Waals surface area contributed by atoms with Crippen LogP contribution in [0.1, 0.15) is 22.1 Å². The van der Waals surface area contributed by atoms with E-state index in [9.17, 15) is 4.79 Å². The fourth-order valence-corrected chi connectivity index (χ4v) is 2.07. The van der Waals surface area contributed by atoms with E-state index in [-0.39, 0.29) is 18.1 Å². The van der Waals surface area contributed by atoms with E-state index < -0.39 is 0 Å². The van der Waals surface area contributed by atoms with Crippen LogP contribution in [0.5, 0.6) is 0 Å². The van der Waals surface area contributed by atoms with Crippen molar-refractivity contribution in [1.82, 2.24) is 15.3 Å². The Morgan fingerprint density at radius 3 is 2.95 bits per heavy atom. The van der Waals surface area contributed by atoms with Crippen LogP contribution in [0.2, 0.25) is 0 Å². The molecule has 6 heteroatoms. The van der Waals surface area contributed by atoms with Gasteiger partial charge in [-0.15, -0.1) is 0 Å². The summed E-state index contributed by atoms with van der Waals surface area (Å²) in [4.78, 5) is 20.3. The van der Waals surface area contributed by atoms with Crippen LogP contribution in [-0.4, -0.2) is 15.9 Å². The molecule has 0 atom stereocenters. The van der Waals surface area contributed by atoms with E-state index >= 15 is 0 Å². The van der Waals surface area contributed by atoms with Crippen molar-refractivity contribution in [3.8, 4) is 0 Å². The van der Waals surface area contributed by atoms with Crippen molar-refractivity contribution in [3.05, 3.63) is 53.9 Å². The molecule has 0 saturated carbocycles. The highest BCUT2D eigenvalue weighted by atomic mass is 16.4. The van der Waals surface area contributed by atoms with Gasteiger partial charge in [-0.3, -0.25) is 4.79 Å². The van der Waals surface area contributed by atoms with E-state index in [2.05, 4.69) is 15.3 Å². The van der Waals surface area contributed by atoms with Crippen LogP contribution in [0.15, 0.2) is 40.9 Å². The SMILES string of the molecule is Cc1cnc(CNC(=O)c2cc3ccccc3c(N)n2)o1. The third kappa shape index (κ3) is 2.69. The lowest BCUT2D eigenvalue weighted by Crippen LogP contribution is -2.24. The zero-order valence-electron chi connectivity index (χ0n) is 11.5. The lowest BCUT2D eigenvalue weighted by Gasteiger charge is -2.06. The Morgan fingerprint density at radius 1 is 1.38 bits per heavy atom. The topological polar surface area (TPSA) is 94.0 Å². The summed E-state index contributed by atoms with van der Waals surface area (Å²) in [7, 11) is 0. The fraction of sp³-hybridized carbons (Fsp3) is 0.133. The number of aryl methyl sites for hydroxylation is 1. The summed E-state index contributed by atoms with van der Waals surface area (Å²) in [5.41, 5.74) is 6.16. The summed E-state index contributed by atoms with van der Waals surface area (Å²) in [6.45, 7) is 2.00. The van der Waals surface area contributed by atoms with E-state index in [0.717, 1.165) is 10.8 Å². The van der Waals surface area contributed by atoms with Crippen LogP contribution in [0.25, 0.3) is 10.8 Å². The number of anilines is 1. The number of fused-ring (bicyclic) bond motifs is 1. The smallest absolute Gasteiger partial charge is 0.270 e. The second kappa shape index (κ2) is 5.24. The molecule has 3 rings (SSSR count). The molecular weight excluding hydrogens is 268 g/mol. The summed E-state index contributed by atoms with van der Waals surface area (Å²) < 4.78 is 5.29. The molecule has 0 aliphatic heterocycles. The quantitative estimate of drug-likeness (QED) is 0.766. The minimum Gasteiger partial charge on any atom is -0.444 e. The van der Waals surface area contributed by atoms with Crippen LogP contribution in [0.4, 0.5) is 5.82 Å². The maximum atomic E-state index is 12.1. The number of nitrogens with one attached hydrogen (secondary N) is 1. The number of nitrogens with two attached hydrogens (primary N) is 1. The van der Waals surface area contributed by atoms with E-state index in [1.807, 2.05) is 24.3 Å². The Labute approximate surface area is 121 Å². The standard InChI is InChI=1S/C15H14N4O2/c1-9-7-17-13(21-9)8-18-15(20)12-6-10-4-2-3-5-11(10)14(16)19-12/h2-7H,8H2,1H3,(H2,16,19)(H,18,20). The Morgan fingerprint density at radius 2 is 2.19 bits per heavy atom. The average Bonchev–Trinajstić information content (AvgIpc) is 2.90. The molecule has 0 unspecified atom stereocenters. The Bertz CT molecular complexity index is 810. The van der Waals surface area contributed by atoms with Gasteiger partial charge in [-0.25, -0.2) is 9.97 Å². The molecule has 3 N–H and O–H groups in total. The number of amides is 1. The molecule has 0 saturated heterocycles. The molecule has 0 aliphatic rings. The van der Waals surface area contributed by atoms with Crippen molar-refractivity contribution < 1.29 is 9.21 Å². The first kappa shape index (κ1) is 13.1. The monoisotopic (exact) mass is 282 g/mol. The lowest BCUT2D eigenvalue weighted by atomic mass is 10.1. The van der Waals surface area contributed by atoms with Gasteiger partial charge in [-0.2, -0.15) is 0 Å². The first-order chi connectivity index (χ1) is 10.1. The van der Waals surface area contributed by atoms with E-state index in [4.69, 9.17) is 10.2 Å². The number of aromatic nitrogens is 2. The normalized spacial score (nSPS) is 10.7. The van der Waals surface area contributed by atoms with Gasteiger partial charge < -0.3 is 15.5 Å². The molecule has 3 aromatic rings. The van der Waals surface area contributed by atoms with Gasteiger partial charge in [0, 0.05) is 5.39 Å². The first-order valence-corrected chi connectivity index (χ1v) is 6.48. The van der Waals surface area contributed by atoms with Crippen LogP contribution in [-0.2, 0) is 6.54 Å². The molecule has 0 spiro atoms. The number of pyridine rings is 1. The fourth-order valence-electron chi connectivity index (χ4n) is 2.07. The van der Waals surface area contributed by atoms with Crippen molar-refractivity contribution in [2.45, 2.75) is 13.5 Å². The van der Waals surface area contributed by atoms with Gasteiger partial charge in [-0.05, 0) is 18.4 Å². The van der Waals surface area contributed by atoms with Crippen LogP contribution >= 0.6 is 0 Å². The first-order valence-electron chi connectivity index (χ1n) is 6.48. The third-order valence-electron chi connectivity index (χ3n) is 3.07. The molecule has 106 valence electrons. The minimum atomic E-state index is -0.316. The Kier molecular flexibility index (Phi) is 3.27. The Hall–Kier alpha value is -2.89. The maximum absolute atomic E-state index is 12.1. The molecule has 0 fully saturated rings. The van der Waals surface area contributed by atoms with Crippen LogP contribution < -0.4 is 11.1 Å². The largest absolute Gasteiger partial charge is 0.444 e. The summed E-state index contributed by atoms with van der Waals surface area (Å²) in [5, 5.41) is 4.42. The number of oxazole rings is 1. The highest BCUT2D eigenvalue weighted by Gasteiger charge is 2.11. The number of carbonyl (C=O) groups excluding carboxylic acids is 1. The van der Waals surface area contributed by atoms with Gasteiger partial charge in [0.25, 0.3) is 5.91 Å². The van der Waals surface area contributed by atoms with Crippen LogP contribution in [0.3, 0.4) is 0 Å². The molecule has 2 aromatic heterocycles. The molecular formula is C15H14N4O2. The van der Waals surface area contributed by atoms with Crippen molar-refractivity contribution in [2.24, 2.45) is 0 Å². The molecule has 21 heavy (non-hydrogen) atoms. The van der Waals surface area contributed by atoms with E-state index in [0.29, 0.717) is 17.5 Å². The Balaban J connectivity index is 1.81. The van der Waals surface area contributed by atoms with Gasteiger partial charge in [0.1, 0.15) is 17.3 Å². The van der Waals surface area contributed by atoms with Gasteiger partial charge in [0.05, 0.1) is 12.7 Å². The van der Waals surface area contributed by atoms with E-state index in [1.165, 1.54) is 0 Å². The molecule has 1 aromatic carbocycles. The molecule has 0 bridgehead atoms. The van der Waals surface area contributed by atoms with E-state index in [1.54, 1.807) is 19.2 Å². The number of hydrogen-bond donors (Lipinski definition) is 2. The molecule has 1 amide bonds. The molecule has 0 radical (unpaired) electrons. The highest BCUT2D eigenvalue weighted by Crippen LogP contribution is 2.19. The number of rotatable bonds is 3. The predicted molar refractivity (Wildman–Crippen MR) is 78.6 cm³/mol. The lowest BCUT2D eigenvalue weighted by molar-refractivity contribution is 0.0942. The van der Waals surface area contributed by atoms with Gasteiger partial charge in [0.15, 0.2) is 0 Å². The van der Waals surface area contributed by atoms with Crippen molar-refractivity contribution in [3.63, 3.8) is 0 Å². The summed E-state index contributed by atoms with van der Waals surface area (Å²) in [6, 6.07) is 9.24. The third-order valence-corrected chi connectivity index (χ3v) is 3.07. The van der Waals surface area contributed by atoms with Crippen LogP contribution in [0, 0.1) is 6.92 Å². The zero-order valence-corrected chi connectivity index (χ0v) is 11.5. The van der Waals surface area contributed by atoms with Gasteiger partial charge >= 0.3 is 0 Å². The maximum Gasteiger partial charge on any atom is 0.270 e. The number of benzene rings is 1.